The first-order valence-electron chi connectivity index (χ1n) is 11.3. The monoisotopic (exact) mass is 476 g/mol. The van der Waals surface area contributed by atoms with Crippen molar-refractivity contribution in [3.63, 3.8) is 0 Å². The number of allylic oxidation sites excluding steroid dienone is 1. The second-order valence-electron chi connectivity index (χ2n) is 8.88. The Labute approximate surface area is 202 Å². The third-order valence-electron chi connectivity index (χ3n) is 6.71. The Morgan fingerprint density at radius 1 is 1.03 bits per heavy atom. The number of aromatic nitrogens is 1. The molecular formula is C27H28N2O6. The van der Waals surface area contributed by atoms with Crippen LogP contribution in [0.2, 0.25) is 0 Å². The maximum absolute atomic E-state index is 13.7. The molecule has 1 aliphatic carbocycles. The number of aromatic carboxylic acids is 1. The van der Waals surface area contributed by atoms with Gasteiger partial charge in [-0.3, -0.25) is 4.79 Å². The molecule has 0 saturated carbocycles. The van der Waals surface area contributed by atoms with Crippen LogP contribution in [-0.4, -0.2) is 41.6 Å². The molecule has 4 rings (SSSR count). The molecular weight excluding hydrogens is 448 g/mol. The standard InChI is InChI=1S/C27H28N2O6/c1-27(28,24(30)15-8-11-17(34-3)12-9-15)23-22(18-6-5-7-19(18)26(33)35-4)20-13-10-16(25(31)32)14-21(20)29(23)2/h8-14H,5-7,28H2,1-4H3,(H,31,32). The van der Waals surface area contributed by atoms with Crippen LogP contribution in [0.15, 0.2) is 48.0 Å². The van der Waals surface area contributed by atoms with Crippen molar-refractivity contribution in [2.75, 3.05) is 14.2 Å². The van der Waals surface area contributed by atoms with Gasteiger partial charge >= 0.3 is 11.9 Å². The Kier molecular flexibility index (Phi) is 6.25. The summed E-state index contributed by atoms with van der Waals surface area (Å²) in [5, 5.41) is 10.3. The second kappa shape index (κ2) is 9.03. The van der Waals surface area contributed by atoms with Crippen LogP contribution in [-0.2, 0) is 22.1 Å². The van der Waals surface area contributed by atoms with Crippen molar-refractivity contribution >= 4 is 34.2 Å². The molecule has 0 bridgehead atoms. The van der Waals surface area contributed by atoms with Crippen molar-refractivity contribution in [1.29, 1.82) is 0 Å². The van der Waals surface area contributed by atoms with Gasteiger partial charge in [0.15, 0.2) is 5.78 Å². The first-order valence-corrected chi connectivity index (χ1v) is 11.3. The fourth-order valence-corrected chi connectivity index (χ4v) is 5.00. The number of ketones is 1. The van der Waals surface area contributed by atoms with E-state index in [0.717, 1.165) is 17.4 Å². The molecule has 0 spiro atoms. The van der Waals surface area contributed by atoms with Crippen LogP contribution >= 0.6 is 0 Å². The molecule has 3 aromatic rings. The Morgan fingerprint density at radius 2 is 1.69 bits per heavy atom. The summed E-state index contributed by atoms with van der Waals surface area (Å²) in [5.41, 5.74) is 8.98. The van der Waals surface area contributed by atoms with Crippen LogP contribution in [0, 0.1) is 0 Å². The molecule has 182 valence electrons. The van der Waals surface area contributed by atoms with Gasteiger partial charge in [-0.15, -0.1) is 0 Å². The highest BCUT2D eigenvalue weighted by atomic mass is 16.5. The number of ether oxygens (including phenoxy) is 2. The van der Waals surface area contributed by atoms with Crippen molar-refractivity contribution in [1.82, 2.24) is 4.57 Å². The first-order chi connectivity index (χ1) is 16.6. The lowest BCUT2D eigenvalue weighted by atomic mass is 9.84. The summed E-state index contributed by atoms with van der Waals surface area (Å²) in [5.74, 6) is -1.17. The summed E-state index contributed by atoms with van der Waals surface area (Å²) in [4.78, 5) is 38.0. The zero-order valence-corrected chi connectivity index (χ0v) is 20.2. The van der Waals surface area contributed by atoms with E-state index in [9.17, 15) is 19.5 Å². The first kappa shape index (κ1) is 24.2. The van der Waals surface area contributed by atoms with E-state index in [1.54, 1.807) is 62.0 Å². The molecule has 1 atom stereocenters. The molecule has 0 saturated heterocycles. The highest BCUT2D eigenvalue weighted by Gasteiger charge is 2.39. The number of methoxy groups -OCH3 is 2. The van der Waals surface area contributed by atoms with Crippen molar-refractivity contribution in [2.24, 2.45) is 12.8 Å². The number of fused-ring (bicyclic) bond motifs is 1. The molecule has 1 aromatic heterocycles. The minimum absolute atomic E-state index is 0.116. The number of carbonyl (C=O) groups is 3. The lowest BCUT2D eigenvalue weighted by molar-refractivity contribution is -0.136. The molecule has 8 nitrogen and oxygen atoms in total. The Hall–Kier alpha value is -3.91. The molecule has 35 heavy (non-hydrogen) atoms. The number of rotatable bonds is 7. The van der Waals surface area contributed by atoms with Crippen LogP contribution < -0.4 is 10.5 Å². The lowest BCUT2D eigenvalue weighted by Crippen LogP contribution is -2.44. The molecule has 1 heterocycles. The minimum Gasteiger partial charge on any atom is -0.497 e. The summed E-state index contributed by atoms with van der Waals surface area (Å²) in [6.07, 6.45) is 1.93. The van der Waals surface area contributed by atoms with Gasteiger partial charge < -0.3 is 24.9 Å². The minimum atomic E-state index is -1.49. The summed E-state index contributed by atoms with van der Waals surface area (Å²) in [6, 6.07) is 11.5. The van der Waals surface area contributed by atoms with Gasteiger partial charge in [-0.2, -0.15) is 0 Å². The molecule has 0 radical (unpaired) electrons. The maximum atomic E-state index is 13.7. The predicted molar refractivity (Wildman–Crippen MR) is 132 cm³/mol. The van der Waals surface area contributed by atoms with E-state index < -0.39 is 17.5 Å². The fourth-order valence-electron chi connectivity index (χ4n) is 5.00. The summed E-state index contributed by atoms with van der Waals surface area (Å²) < 4.78 is 12.0. The number of hydrogen-bond acceptors (Lipinski definition) is 6. The number of benzene rings is 2. The predicted octanol–water partition coefficient (Wildman–Crippen LogP) is 4.05. The van der Waals surface area contributed by atoms with E-state index in [-0.39, 0.29) is 11.3 Å². The summed E-state index contributed by atoms with van der Waals surface area (Å²) in [6.45, 7) is 1.64. The number of aryl methyl sites for hydroxylation is 1. The smallest absolute Gasteiger partial charge is 0.335 e. The van der Waals surface area contributed by atoms with Crippen LogP contribution in [0.4, 0.5) is 0 Å². The zero-order valence-electron chi connectivity index (χ0n) is 20.2. The van der Waals surface area contributed by atoms with E-state index in [1.807, 2.05) is 0 Å². The van der Waals surface area contributed by atoms with Gasteiger partial charge in [0.25, 0.3) is 0 Å². The highest BCUT2D eigenvalue weighted by Crippen LogP contribution is 2.44. The molecule has 1 unspecified atom stereocenters. The highest BCUT2D eigenvalue weighted by molar-refractivity contribution is 6.09. The summed E-state index contributed by atoms with van der Waals surface area (Å²) >= 11 is 0. The fraction of sp³-hybridized carbons (Fsp3) is 0.296. The van der Waals surface area contributed by atoms with E-state index in [4.69, 9.17) is 15.2 Å². The third-order valence-corrected chi connectivity index (χ3v) is 6.71. The van der Waals surface area contributed by atoms with Crippen molar-refractivity contribution in [3.8, 4) is 5.75 Å². The normalized spacial score (nSPS) is 15.2. The molecule has 2 aromatic carbocycles. The SMILES string of the molecule is COC(=O)C1=C(c2c(C(C)(N)C(=O)c3ccc(OC)cc3)n(C)c3cc(C(=O)O)ccc23)CCC1. The number of nitrogens with zero attached hydrogens (tertiary/aromatic N) is 1. The van der Waals surface area contributed by atoms with E-state index >= 15 is 0 Å². The van der Waals surface area contributed by atoms with E-state index in [2.05, 4.69) is 0 Å². The number of carboxylic acid groups (broad SMARTS) is 1. The van der Waals surface area contributed by atoms with Crippen LogP contribution in [0.1, 0.15) is 58.2 Å². The Bertz CT molecular complexity index is 1380. The zero-order chi connectivity index (χ0) is 25.5. The van der Waals surface area contributed by atoms with Crippen molar-refractivity contribution in [2.45, 2.75) is 31.7 Å². The molecule has 0 fully saturated rings. The third kappa shape index (κ3) is 4.00. The second-order valence-corrected chi connectivity index (χ2v) is 8.88. The van der Waals surface area contributed by atoms with Gasteiger partial charge in [-0.25, -0.2) is 9.59 Å². The van der Waals surface area contributed by atoms with Gasteiger partial charge in [-0.05, 0) is 68.2 Å². The number of hydrogen-bond donors (Lipinski definition) is 2. The van der Waals surface area contributed by atoms with Crippen molar-refractivity contribution in [3.05, 3.63) is 70.4 Å². The van der Waals surface area contributed by atoms with Gasteiger partial charge in [0.05, 0.1) is 25.5 Å². The number of nitrogens with two attached hydrogens (primary N) is 1. The molecule has 0 aliphatic heterocycles. The van der Waals surface area contributed by atoms with Gasteiger partial charge in [0, 0.05) is 34.7 Å². The quantitative estimate of drug-likeness (QED) is 0.390. The lowest BCUT2D eigenvalue weighted by Gasteiger charge is -2.27. The van der Waals surface area contributed by atoms with Crippen LogP contribution in [0.25, 0.3) is 16.5 Å². The molecule has 3 N–H and O–H groups in total. The Balaban J connectivity index is 2.01. The number of Topliss-reactive ketones (excluding diaryl/α,β-unsaturated/α-hetero) is 1. The topological polar surface area (TPSA) is 121 Å². The molecule has 1 aliphatic rings. The van der Waals surface area contributed by atoms with Gasteiger partial charge in [0.1, 0.15) is 11.3 Å². The largest absolute Gasteiger partial charge is 0.497 e. The maximum Gasteiger partial charge on any atom is 0.335 e. The number of carboxylic acids is 1. The van der Waals surface area contributed by atoms with Crippen LogP contribution in [0.3, 0.4) is 0 Å². The van der Waals surface area contributed by atoms with Gasteiger partial charge in [-0.1, -0.05) is 6.07 Å². The van der Waals surface area contributed by atoms with Crippen LogP contribution in [0.5, 0.6) is 5.75 Å². The van der Waals surface area contributed by atoms with E-state index in [0.29, 0.717) is 46.5 Å². The average Bonchev–Trinajstić information content (AvgIpc) is 3.45. The Morgan fingerprint density at radius 3 is 2.29 bits per heavy atom. The average molecular weight is 477 g/mol. The number of carbonyl (C=O) groups excluding carboxylic acids is 2. The molecule has 0 amide bonds. The van der Waals surface area contributed by atoms with Crippen molar-refractivity contribution < 1.29 is 29.0 Å². The number of esters is 1. The van der Waals surface area contributed by atoms with Gasteiger partial charge in [0.2, 0.25) is 0 Å². The molecule has 8 heteroatoms. The summed E-state index contributed by atoms with van der Waals surface area (Å²) in [7, 11) is 4.65. The van der Waals surface area contributed by atoms with E-state index in [1.165, 1.54) is 13.2 Å².